The van der Waals surface area contributed by atoms with Gasteiger partial charge in [0.05, 0.1) is 0 Å². The van der Waals surface area contributed by atoms with E-state index in [0.717, 1.165) is 0 Å². The van der Waals surface area contributed by atoms with Gasteiger partial charge in [0.25, 0.3) is 0 Å². The Labute approximate surface area is 75.0 Å². The van der Waals surface area contributed by atoms with E-state index in [4.69, 9.17) is 10.8 Å². The van der Waals surface area contributed by atoms with Gasteiger partial charge < -0.3 is 10.8 Å². The number of hydrogen-bond acceptors (Lipinski definition) is 2. The fourth-order valence-electron chi connectivity index (χ4n) is 1.05. The summed E-state index contributed by atoms with van der Waals surface area (Å²) in [5, 5.41) is 8.93. The van der Waals surface area contributed by atoms with Crippen molar-refractivity contribution < 1.29 is 13.9 Å². The van der Waals surface area contributed by atoms with Crippen molar-refractivity contribution in [3.8, 4) is 5.75 Å². The number of hydrogen-bond donors (Lipinski definition) is 2. The highest BCUT2D eigenvalue weighted by Gasteiger charge is 2.12. The molecule has 0 unspecified atom stereocenters. The first-order chi connectivity index (χ1) is 6.09. The summed E-state index contributed by atoms with van der Waals surface area (Å²) in [7, 11) is 0. The van der Waals surface area contributed by atoms with E-state index in [0.29, 0.717) is 5.56 Å². The normalized spacial score (nSPS) is 13.2. The lowest BCUT2D eigenvalue weighted by atomic mass is 10.1. The summed E-state index contributed by atoms with van der Waals surface area (Å²) in [6.45, 7) is 0. The van der Waals surface area contributed by atoms with Crippen LogP contribution in [-0.2, 0) is 0 Å². The predicted octanol–water partition coefficient (Wildman–Crippen LogP) is 2.05. The van der Waals surface area contributed by atoms with Crippen molar-refractivity contribution in [1.29, 1.82) is 0 Å². The zero-order valence-corrected chi connectivity index (χ0v) is 6.95. The van der Waals surface area contributed by atoms with Crippen LogP contribution in [0.5, 0.6) is 5.75 Å². The topological polar surface area (TPSA) is 46.2 Å². The molecule has 0 aromatic heterocycles. The van der Waals surface area contributed by atoms with Crippen LogP contribution in [0.3, 0.4) is 0 Å². The van der Waals surface area contributed by atoms with E-state index in [2.05, 4.69) is 0 Å². The average Bonchev–Trinajstić information content (AvgIpc) is 2.04. The van der Waals surface area contributed by atoms with Crippen molar-refractivity contribution in [2.75, 3.05) is 0 Å². The number of alkyl halides is 2. The van der Waals surface area contributed by atoms with Crippen molar-refractivity contribution >= 4 is 0 Å². The molecular weight excluding hydrogens is 176 g/mol. The summed E-state index contributed by atoms with van der Waals surface area (Å²) < 4.78 is 23.8. The molecular formula is C9H11F2NO. The van der Waals surface area contributed by atoms with Crippen molar-refractivity contribution in [1.82, 2.24) is 0 Å². The second-order valence-electron chi connectivity index (χ2n) is 2.82. The zero-order valence-electron chi connectivity index (χ0n) is 6.95. The maximum absolute atomic E-state index is 11.9. The lowest BCUT2D eigenvalue weighted by molar-refractivity contribution is 0.128. The Morgan fingerprint density at radius 3 is 2.23 bits per heavy atom. The molecule has 1 atom stereocenters. The van der Waals surface area contributed by atoms with Crippen LogP contribution >= 0.6 is 0 Å². The monoisotopic (exact) mass is 187 g/mol. The molecule has 0 radical (unpaired) electrons. The highest BCUT2D eigenvalue weighted by molar-refractivity contribution is 5.27. The minimum atomic E-state index is -2.40. The maximum atomic E-state index is 11.9. The van der Waals surface area contributed by atoms with Gasteiger partial charge in [-0.15, -0.1) is 0 Å². The minimum Gasteiger partial charge on any atom is -0.508 e. The van der Waals surface area contributed by atoms with Gasteiger partial charge in [0.2, 0.25) is 6.43 Å². The third-order valence-electron chi connectivity index (χ3n) is 1.75. The van der Waals surface area contributed by atoms with Gasteiger partial charge in [-0.2, -0.15) is 0 Å². The van der Waals surface area contributed by atoms with Crippen molar-refractivity contribution in [2.24, 2.45) is 5.73 Å². The largest absolute Gasteiger partial charge is 0.508 e. The first-order valence-corrected chi connectivity index (χ1v) is 3.92. The van der Waals surface area contributed by atoms with Crippen LogP contribution < -0.4 is 5.73 Å². The number of nitrogens with two attached hydrogens (primary N) is 1. The number of phenolic OH excluding ortho intramolecular Hbond substituents is 1. The molecule has 0 spiro atoms. The molecule has 0 amide bonds. The predicted molar refractivity (Wildman–Crippen MR) is 45.7 cm³/mol. The molecule has 3 N–H and O–H groups in total. The van der Waals surface area contributed by atoms with E-state index in [1.54, 1.807) is 12.1 Å². The van der Waals surface area contributed by atoms with Gasteiger partial charge >= 0.3 is 0 Å². The number of phenols is 1. The summed E-state index contributed by atoms with van der Waals surface area (Å²) in [6.07, 6.45) is -2.76. The summed E-state index contributed by atoms with van der Waals surface area (Å²) in [4.78, 5) is 0. The van der Waals surface area contributed by atoms with Gasteiger partial charge in [-0.3, -0.25) is 0 Å². The molecule has 0 bridgehead atoms. The smallest absolute Gasteiger partial charge is 0.240 e. The molecule has 72 valence electrons. The van der Waals surface area contributed by atoms with Gasteiger partial charge in [0.1, 0.15) is 5.75 Å². The van der Waals surface area contributed by atoms with Crippen LogP contribution in [0.2, 0.25) is 0 Å². The fraction of sp³-hybridized carbons (Fsp3) is 0.333. The molecule has 1 rings (SSSR count). The van der Waals surface area contributed by atoms with Crippen molar-refractivity contribution in [3.63, 3.8) is 0 Å². The Morgan fingerprint density at radius 2 is 1.77 bits per heavy atom. The van der Waals surface area contributed by atoms with Gasteiger partial charge in [-0.1, -0.05) is 12.1 Å². The summed E-state index contributed by atoms with van der Waals surface area (Å²) >= 11 is 0. The molecule has 1 aromatic rings. The van der Waals surface area contributed by atoms with E-state index >= 15 is 0 Å². The zero-order chi connectivity index (χ0) is 9.84. The van der Waals surface area contributed by atoms with Gasteiger partial charge in [0, 0.05) is 12.5 Å². The van der Waals surface area contributed by atoms with E-state index in [1.807, 2.05) is 0 Å². The highest BCUT2D eigenvalue weighted by Crippen LogP contribution is 2.19. The molecule has 0 fully saturated rings. The van der Waals surface area contributed by atoms with Gasteiger partial charge in [0.15, 0.2) is 0 Å². The maximum Gasteiger partial charge on any atom is 0.240 e. The molecule has 0 heterocycles. The minimum absolute atomic E-state index is 0.105. The molecule has 0 aliphatic heterocycles. The van der Waals surface area contributed by atoms with E-state index < -0.39 is 12.5 Å². The first-order valence-electron chi connectivity index (χ1n) is 3.92. The molecule has 0 saturated heterocycles. The highest BCUT2D eigenvalue weighted by atomic mass is 19.3. The SMILES string of the molecule is N[C@H](CC(F)F)c1ccc(O)cc1. The Bertz CT molecular complexity index is 261. The van der Waals surface area contributed by atoms with Gasteiger partial charge in [-0.05, 0) is 17.7 Å². The Balaban J connectivity index is 2.66. The van der Waals surface area contributed by atoms with Crippen LogP contribution in [0.4, 0.5) is 8.78 Å². The van der Waals surface area contributed by atoms with Crippen LogP contribution in [0.15, 0.2) is 24.3 Å². The Hall–Kier alpha value is -1.16. The number of benzene rings is 1. The lowest BCUT2D eigenvalue weighted by Gasteiger charge is -2.10. The Morgan fingerprint density at radius 1 is 1.23 bits per heavy atom. The third kappa shape index (κ3) is 2.99. The van der Waals surface area contributed by atoms with Crippen LogP contribution in [0.1, 0.15) is 18.0 Å². The number of rotatable bonds is 3. The second-order valence-corrected chi connectivity index (χ2v) is 2.82. The molecule has 2 nitrogen and oxygen atoms in total. The van der Waals surface area contributed by atoms with E-state index in [9.17, 15) is 8.78 Å². The molecule has 1 aromatic carbocycles. The molecule has 13 heavy (non-hydrogen) atoms. The molecule has 0 saturated carbocycles. The van der Waals surface area contributed by atoms with Crippen LogP contribution in [0.25, 0.3) is 0 Å². The van der Waals surface area contributed by atoms with Crippen molar-refractivity contribution in [3.05, 3.63) is 29.8 Å². The summed E-state index contributed by atoms with van der Waals surface area (Å²) in [5.74, 6) is 0.105. The van der Waals surface area contributed by atoms with E-state index in [1.165, 1.54) is 12.1 Å². The fourth-order valence-corrected chi connectivity index (χ4v) is 1.05. The van der Waals surface area contributed by atoms with Crippen LogP contribution in [0, 0.1) is 0 Å². The average molecular weight is 187 g/mol. The third-order valence-corrected chi connectivity index (χ3v) is 1.75. The quantitative estimate of drug-likeness (QED) is 0.760. The summed E-state index contributed by atoms with van der Waals surface area (Å²) in [6, 6.07) is 5.28. The number of aromatic hydroxyl groups is 1. The molecule has 0 aliphatic carbocycles. The second kappa shape index (κ2) is 4.18. The van der Waals surface area contributed by atoms with Crippen molar-refractivity contribution in [2.45, 2.75) is 18.9 Å². The Kier molecular flexibility index (Phi) is 3.19. The molecule has 4 heteroatoms. The van der Waals surface area contributed by atoms with Gasteiger partial charge in [-0.25, -0.2) is 8.78 Å². The van der Waals surface area contributed by atoms with E-state index in [-0.39, 0.29) is 12.2 Å². The first kappa shape index (κ1) is 9.92. The van der Waals surface area contributed by atoms with Crippen LogP contribution in [-0.4, -0.2) is 11.5 Å². The molecule has 0 aliphatic rings. The standard InChI is InChI=1S/C9H11F2NO/c10-9(11)5-8(12)6-1-3-7(13)4-2-6/h1-4,8-9,13H,5,12H2/t8-/m1/s1. The lowest BCUT2D eigenvalue weighted by Crippen LogP contribution is -2.13. The summed E-state index contributed by atoms with van der Waals surface area (Å²) in [5.41, 5.74) is 6.09. The number of halogens is 2.